The summed E-state index contributed by atoms with van der Waals surface area (Å²) < 4.78 is 1.20. The third kappa shape index (κ3) is 5.76. The minimum absolute atomic E-state index is 0. The number of fused-ring (bicyclic) bond motifs is 3. The fraction of sp³-hybridized carbons (Fsp3) is 0.182. The smallest absolute Gasteiger partial charge is 0.0283 e. The fourth-order valence-electron chi connectivity index (χ4n) is 4.14. The van der Waals surface area contributed by atoms with E-state index in [1.54, 1.807) is 11.3 Å². The van der Waals surface area contributed by atoms with Gasteiger partial charge in [-0.15, -0.1) is 52.4 Å². The molecule has 193 valence electrons. The van der Waals surface area contributed by atoms with Crippen molar-refractivity contribution in [3.05, 3.63) is 112 Å². The summed E-state index contributed by atoms with van der Waals surface area (Å²) in [7, 11) is 0. The molecule has 0 fully saturated rings. The van der Waals surface area contributed by atoms with Crippen LogP contribution in [0, 0.1) is 53.7 Å². The molecule has 0 saturated heterocycles. The molecule has 0 aliphatic carbocycles. The van der Waals surface area contributed by atoms with E-state index in [4.69, 9.17) is 0 Å². The minimum atomic E-state index is 0. The van der Waals surface area contributed by atoms with Crippen LogP contribution in [-0.2, 0) is 20.1 Å². The maximum absolute atomic E-state index is 4.65. The Hall–Kier alpha value is -3.24. The van der Waals surface area contributed by atoms with Gasteiger partial charge >= 0.3 is 0 Å². The summed E-state index contributed by atoms with van der Waals surface area (Å²) in [6, 6.07) is 21.5. The monoisotopic (exact) mass is 692 g/mol. The molecule has 1 radical (unpaired) electrons. The molecule has 0 aliphatic rings. The maximum Gasteiger partial charge on any atom is 0.0283 e. The largest absolute Gasteiger partial charge is 0.304 e. The van der Waals surface area contributed by atoms with Gasteiger partial charge in [0.05, 0.1) is 0 Å². The summed E-state index contributed by atoms with van der Waals surface area (Å²) >= 11 is 1.71. The van der Waals surface area contributed by atoms with E-state index in [0.29, 0.717) is 0 Å². The van der Waals surface area contributed by atoms with E-state index in [-0.39, 0.29) is 20.1 Å². The molecule has 5 heteroatoms. The van der Waals surface area contributed by atoms with Crippen LogP contribution in [0.2, 0.25) is 0 Å². The standard InChI is InChI=1S/C18H13N2S.C15H16N.Ir/c1-11-3-4-16(19-9-11)14-8-13-5-6-21-18(13)17-15(14)7-12(2)10-20-17;1-10-5-6-14(7-11(10)2)15-8-12(3)13(4)9-16-15;/h3-7,9-10H,1-2H3;5,7-9H,1-4H3;/q2*-1;. The van der Waals surface area contributed by atoms with Gasteiger partial charge in [-0.1, -0.05) is 54.6 Å². The Balaban J connectivity index is 0.000000179. The van der Waals surface area contributed by atoms with E-state index >= 15 is 0 Å². The molecule has 0 N–H and O–H groups in total. The number of benzene rings is 2. The van der Waals surface area contributed by atoms with Gasteiger partial charge in [-0.25, -0.2) is 0 Å². The number of nitrogens with zero attached hydrogens (tertiary/aromatic N) is 3. The first-order valence-corrected chi connectivity index (χ1v) is 13.2. The van der Waals surface area contributed by atoms with E-state index in [9.17, 15) is 0 Å². The molecule has 38 heavy (non-hydrogen) atoms. The van der Waals surface area contributed by atoms with Crippen molar-refractivity contribution in [1.82, 2.24) is 15.0 Å². The van der Waals surface area contributed by atoms with Crippen molar-refractivity contribution in [3.8, 4) is 22.5 Å². The van der Waals surface area contributed by atoms with Gasteiger partial charge in [0.2, 0.25) is 0 Å². The normalized spacial score (nSPS) is 10.7. The number of hydrogen-bond donors (Lipinski definition) is 0. The molecule has 0 bridgehead atoms. The quantitative estimate of drug-likeness (QED) is 0.171. The molecule has 6 rings (SSSR count). The molecule has 2 aromatic carbocycles. The van der Waals surface area contributed by atoms with Crippen molar-refractivity contribution in [1.29, 1.82) is 0 Å². The van der Waals surface area contributed by atoms with Gasteiger partial charge in [-0.05, 0) is 60.2 Å². The molecule has 0 saturated carbocycles. The first-order valence-electron chi connectivity index (χ1n) is 12.3. The molecule has 0 aliphatic heterocycles. The molecular weight excluding hydrogens is 663 g/mol. The zero-order chi connectivity index (χ0) is 26.1. The second kappa shape index (κ2) is 11.7. The summed E-state index contributed by atoms with van der Waals surface area (Å²) in [4.78, 5) is 13.7. The van der Waals surface area contributed by atoms with Gasteiger partial charge < -0.3 is 4.98 Å². The van der Waals surface area contributed by atoms with E-state index in [0.717, 1.165) is 49.9 Å². The average Bonchev–Trinajstić information content (AvgIpc) is 3.37. The maximum atomic E-state index is 4.65. The molecule has 4 heterocycles. The van der Waals surface area contributed by atoms with Crippen LogP contribution in [0.15, 0.2) is 66.4 Å². The molecular formula is C33H29IrN3S-2. The van der Waals surface area contributed by atoms with Crippen molar-refractivity contribution in [2.24, 2.45) is 0 Å². The van der Waals surface area contributed by atoms with Crippen LogP contribution in [-0.4, -0.2) is 15.0 Å². The van der Waals surface area contributed by atoms with Crippen LogP contribution in [0.4, 0.5) is 0 Å². The van der Waals surface area contributed by atoms with Crippen LogP contribution < -0.4 is 0 Å². The van der Waals surface area contributed by atoms with Crippen molar-refractivity contribution in [2.75, 3.05) is 0 Å². The number of hydrogen-bond acceptors (Lipinski definition) is 4. The molecule has 0 spiro atoms. The Kier molecular flexibility index (Phi) is 8.52. The number of aromatic nitrogens is 3. The second-order valence-corrected chi connectivity index (χ2v) is 10.6. The van der Waals surface area contributed by atoms with Crippen LogP contribution >= 0.6 is 11.3 Å². The molecule has 4 aromatic heterocycles. The van der Waals surface area contributed by atoms with E-state index in [1.165, 1.54) is 27.0 Å². The van der Waals surface area contributed by atoms with E-state index < -0.39 is 0 Å². The SMILES string of the molecule is Cc1c[c-]c(-c2cc(C)c(C)cn2)cc1C.Cc1ccc(-c2[c-]c3ccsc3c3ncc(C)cc23)nc1.[Ir]. The van der Waals surface area contributed by atoms with Gasteiger partial charge in [0, 0.05) is 49.9 Å². The zero-order valence-electron chi connectivity index (χ0n) is 22.4. The first kappa shape index (κ1) is 27.8. The van der Waals surface area contributed by atoms with Crippen LogP contribution in [0.5, 0.6) is 0 Å². The van der Waals surface area contributed by atoms with Gasteiger partial charge in [0.15, 0.2) is 0 Å². The average molecular weight is 692 g/mol. The summed E-state index contributed by atoms with van der Waals surface area (Å²) in [6.45, 7) is 12.5. The summed E-state index contributed by atoms with van der Waals surface area (Å²) in [5.74, 6) is 0. The van der Waals surface area contributed by atoms with Gasteiger partial charge in [-0.2, -0.15) is 11.3 Å². The van der Waals surface area contributed by atoms with Gasteiger partial charge in [0.1, 0.15) is 0 Å². The third-order valence-corrected chi connectivity index (χ3v) is 7.60. The fourth-order valence-corrected chi connectivity index (χ4v) is 5.00. The first-order chi connectivity index (χ1) is 17.8. The van der Waals surface area contributed by atoms with Crippen molar-refractivity contribution in [3.63, 3.8) is 0 Å². The van der Waals surface area contributed by atoms with Crippen molar-refractivity contribution < 1.29 is 20.1 Å². The summed E-state index contributed by atoms with van der Waals surface area (Å²) in [6.07, 6.45) is 5.75. The van der Waals surface area contributed by atoms with E-state index in [2.05, 4.69) is 103 Å². The Bertz CT molecular complexity index is 1690. The molecule has 3 nitrogen and oxygen atoms in total. The Morgan fingerprint density at radius 2 is 1.42 bits per heavy atom. The van der Waals surface area contributed by atoms with Crippen molar-refractivity contribution in [2.45, 2.75) is 41.5 Å². The molecule has 0 atom stereocenters. The molecule has 0 amide bonds. The third-order valence-electron chi connectivity index (χ3n) is 6.68. The van der Waals surface area contributed by atoms with Crippen LogP contribution in [0.1, 0.15) is 33.4 Å². The number of thiophene rings is 1. The number of aryl methyl sites for hydroxylation is 6. The summed E-state index contributed by atoms with van der Waals surface area (Å²) in [5, 5.41) is 4.33. The van der Waals surface area contributed by atoms with E-state index in [1.807, 2.05) is 31.6 Å². The minimum Gasteiger partial charge on any atom is -0.304 e. The van der Waals surface area contributed by atoms with Gasteiger partial charge in [0.25, 0.3) is 0 Å². The Morgan fingerprint density at radius 3 is 2.13 bits per heavy atom. The predicted octanol–water partition coefficient (Wildman–Crippen LogP) is 8.71. The van der Waals surface area contributed by atoms with Crippen molar-refractivity contribution >= 4 is 32.3 Å². The van der Waals surface area contributed by atoms with Crippen LogP contribution in [0.25, 0.3) is 43.5 Å². The predicted molar refractivity (Wildman–Crippen MR) is 156 cm³/mol. The zero-order valence-corrected chi connectivity index (χ0v) is 25.6. The molecule has 6 aromatic rings. The topological polar surface area (TPSA) is 38.7 Å². The number of pyridine rings is 3. The van der Waals surface area contributed by atoms with Gasteiger partial charge in [-0.3, -0.25) is 9.97 Å². The van der Waals surface area contributed by atoms with Crippen LogP contribution in [0.3, 0.4) is 0 Å². The number of rotatable bonds is 2. The Morgan fingerprint density at radius 1 is 0.684 bits per heavy atom. The molecule has 0 unspecified atom stereocenters. The second-order valence-electron chi connectivity index (χ2n) is 9.66. The Labute approximate surface area is 242 Å². The summed E-state index contributed by atoms with van der Waals surface area (Å²) in [5.41, 5.74) is 12.5.